The van der Waals surface area contributed by atoms with E-state index in [-0.39, 0.29) is 10.9 Å². The van der Waals surface area contributed by atoms with Gasteiger partial charge in [0.05, 0.1) is 11.1 Å². The van der Waals surface area contributed by atoms with Crippen molar-refractivity contribution in [3.63, 3.8) is 0 Å². The van der Waals surface area contributed by atoms with Crippen molar-refractivity contribution in [2.45, 2.75) is 50.7 Å². The van der Waals surface area contributed by atoms with Crippen molar-refractivity contribution in [1.82, 2.24) is 9.80 Å². The fraction of sp³-hybridized carbons (Fsp3) is 0.650. The van der Waals surface area contributed by atoms with Gasteiger partial charge in [-0.3, -0.25) is 4.79 Å². The van der Waals surface area contributed by atoms with Crippen molar-refractivity contribution in [3.8, 4) is 0 Å². The Labute approximate surface area is 160 Å². The van der Waals surface area contributed by atoms with Gasteiger partial charge in [-0.25, -0.2) is 4.39 Å². The minimum Gasteiger partial charge on any atom is -0.381 e. The number of aryl methyl sites for hydroxylation is 1. The van der Waals surface area contributed by atoms with Crippen LogP contribution in [0.25, 0.3) is 0 Å². The number of nitrogens with zero attached hydrogens (tertiary/aromatic N) is 2. The maximum Gasteiger partial charge on any atom is 0.222 e. The van der Waals surface area contributed by atoms with Gasteiger partial charge in [0.2, 0.25) is 5.91 Å². The number of hydrogen-bond donors (Lipinski definition) is 0. The number of halogens is 2. The second-order valence-corrected chi connectivity index (χ2v) is 7.74. The first-order valence-electron chi connectivity index (χ1n) is 9.55. The molecule has 0 bridgehead atoms. The first-order chi connectivity index (χ1) is 12.6. The number of likely N-dealkylation sites (tertiary alicyclic amines) is 2. The summed E-state index contributed by atoms with van der Waals surface area (Å²) in [6.45, 7) is 3.86. The summed E-state index contributed by atoms with van der Waals surface area (Å²) in [6.07, 6.45) is 5.77. The molecule has 1 aromatic carbocycles. The summed E-state index contributed by atoms with van der Waals surface area (Å²) in [6, 6.07) is 5.26. The van der Waals surface area contributed by atoms with Crippen molar-refractivity contribution in [2.24, 2.45) is 0 Å². The molecule has 0 saturated carbocycles. The topological polar surface area (TPSA) is 32.8 Å². The van der Waals surface area contributed by atoms with Gasteiger partial charge in [0.15, 0.2) is 0 Å². The van der Waals surface area contributed by atoms with Crippen molar-refractivity contribution < 1.29 is 13.9 Å². The van der Waals surface area contributed by atoms with E-state index >= 15 is 0 Å². The maximum absolute atomic E-state index is 13.2. The van der Waals surface area contributed by atoms with Gasteiger partial charge in [0.25, 0.3) is 0 Å². The van der Waals surface area contributed by atoms with Gasteiger partial charge in [-0.15, -0.1) is 0 Å². The number of amides is 1. The summed E-state index contributed by atoms with van der Waals surface area (Å²) in [5, 5.41) is 0.119. The summed E-state index contributed by atoms with van der Waals surface area (Å²) >= 11 is 5.80. The van der Waals surface area contributed by atoms with Gasteiger partial charge in [0, 0.05) is 45.8 Å². The third-order valence-electron chi connectivity index (χ3n) is 5.76. The molecule has 2 aliphatic heterocycles. The van der Waals surface area contributed by atoms with E-state index in [0.717, 1.165) is 57.4 Å². The molecule has 0 aliphatic carbocycles. The Balaban J connectivity index is 1.41. The van der Waals surface area contributed by atoms with E-state index in [1.165, 1.54) is 6.07 Å². The predicted octanol–water partition coefficient (Wildman–Crippen LogP) is 3.51. The van der Waals surface area contributed by atoms with Crippen LogP contribution in [-0.4, -0.2) is 61.1 Å². The Morgan fingerprint density at radius 3 is 2.50 bits per heavy atom. The lowest BCUT2D eigenvalue weighted by molar-refractivity contribution is -0.132. The number of carbonyl (C=O) groups excluding carboxylic acids is 1. The first kappa shape index (κ1) is 19.6. The number of methoxy groups -OCH3 is 1. The zero-order chi connectivity index (χ0) is 18.5. The molecule has 0 unspecified atom stereocenters. The quantitative estimate of drug-likeness (QED) is 0.781. The Morgan fingerprint density at radius 2 is 1.88 bits per heavy atom. The highest BCUT2D eigenvalue weighted by Crippen LogP contribution is 2.23. The molecule has 0 N–H and O–H groups in total. The summed E-state index contributed by atoms with van der Waals surface area (Å²) in [7, 11) is 1.80. The Bertz CT molecular complexity index is 612. The molecule has 0 atom stereocenters. The van der Waals surface area contributed by atoms with Crippen LogP contribution in [0.15, 0.2) is 18.2 Å². The van der Waals surface area contributed by atoms with E-state index < -0.39 is 5.82 Å². The fourth-order valence-electron chi connectivity index (χ4n) is 4.06. The minimum absolute atomic E-state index is 0.119. The molecule has 0 radical (unpaired) electrons. The molecule has 0 spiro atoms. The van der Waals surface area contributed by atoms with Gasteiger partial charge in [-0.05, 0) is 49.8 Å². The molecule has 4 nitrogen and oxygen atoms in total. The monoisotopic (exact) mass is 382 g/mol. The van der Waals surface area contributed by atoms with Crippen molar-refractivity contribution in [2.75, 3.05) is 33.3 Å². The lowest BCUT2D eigenvalue weighted by Gasteiger charge is -2.41. The molecule has 2 heterocycles. The third-order valence-corrected chi connectivity index (χ3v) is 6.04. The molecule has 2 saturated heterocycles. The number of piperidine rings is 2. The molecular formula is C20H28ClFN2O2. The summed E-state index contributed by atoms with van der Waals surface area (Å²) < 4.78 is 18.6. The SMILES string of the molecule is COC1CCN(C2CCN(C(=O)CCc3ccc(F)c(Cl)c3)CC2)CC1. The highest BCUT2D eigenvalue weighted by atomic mass is 35.5. The zero-order valence-electron chi connectivity index (χ0n) is 15.4. The minimum atomic E-state index is -0.418. The average Bonchev–Trinajstić information content (AvgIpc) is 2.69. The zero-order valence-corrected chi connectivity index (χ0v) is 16.2. The van der Waals surface area contributed by atoms with Crippen molar-refractivity contribution in [3.05, 3.63) is 34.6 Å². The Hall–Kier alpha value is -1.17. The molecule has 2 fully saturated rings. The predicted molar refractivity (Wildman–Crippen MR) is 101 cm³/mol. The van der Waals surface area contributed by atoms with Crippen LogP contribution >= 0.6 is 11.6 Å². The lowest BCUT2D eigenvalue weighted by Crippen LogP contribution is -2.49. The molecule has 3 rings (SSSR count). The van der Waals surface area contributed by atoms with Crippen LogP contribution in [0.3, 0.4) is 0 Å². The molecule has 1 amide bonds. The van der Waals surface area contributed by atoms with Crippen molar-refractivity contribution in [1.29, 1.82) is 0 Å². The van der Waals surface area contributed by atoms with Crippen LogP contribution in [0.5, 0.6) is 0 Å². The molecule has 26 heavy (non-hydrogen) atoms. The molecule has 1 aromatic rings. The maximum atomic E-state index is 13.2. The highest BCUT2D eigenvalue weighted by Gasteiger charge is 2.29. The number of ether oxygens (including phenoxy) is 1. The molecule has 144 valence electrons. The van der Waals surface area contributed by atoms with Crippen molar-refractivity contribution >= 4 is 17.5 Å². The van der Waals surface area contributed by atoms with Gasteiger partial charge in [-0.2, -0.15) is 0 Å². The van der Waals surface area contributed by atoms with Gasteiger partial charge < -0.3 is 14.5 Å². The Kier molecular flexibility index (Phi) is 6.90. The smallest absolute Gasteiger partial charge is 0.222 e. The van der Waals surface area contributed by atoms with Crippen LogP contribution in [0, 0.1) is 5.82 Å². The highest BCUT2D eigenvalue weighted by molar-refractivity contribution is 6.30. The first-order valence-corrected chi connectivity index (χ1v) is 9.93. The van der Waals surface area contributed by atoms with Crippen LogP contribution in [0.4, 0.5) is 4.39 Å². The molecule has 2 aliphatic rings. The number of benzene rings is 1. The second-order valence-electron chi connectivity index (χ2n) is 7.33. The van der Waals surface area contributed by atoms with E-state index in [2.05, 4.69) is 4.90 Å². The van der Waals surface area contributed by atoms with E-state index in [0.29, 0.717) is 25.0 Å². The molecule has 0 aromatic heterocycles. The number of hydrogen-bond acceptors (Lipinski definition) is 3. The average molecular weight is 383 g/mol. The Morgan fingerprint density at radius 1 is 1.19 bits per heavy atom. The summed E-state index contributed by atoms with van der Waals surface area (Å²) in [4.78, 5) is 17.0. The number of carbonyl (C=O) groups is 1. The lowest BCUT2D eigenvalue weighted by atomic mass is 9.98. The van der Waals surface area contributed by atoms with Crippen LogP contribution in [-0.2, 0) is 16.0 Å². The fourth-order valence-corrected chi connectivity index (χ4v) is 4.26. The van der Waals surface area contributed by atoms with E-state index in [4.69, 9.17) is 16.3 Å². The third kappa shape index (κ3) is 4.96. The van der Waals surface area contributed by atoms with Crippen LogP contribution < -0.4 is 0 Å². The van der Waals surface area contributed by atoms with Gasteiger partial charge in [-0.1, -0.05) is 17.7 Å². The summed E-state index contributed by atoms with van der Waals surface area (Å²) in [5.74, 6) is -0.236. The molecular weight excluding hydrogens is 355 g/mol. The summed E-state index contributed by atoms with van der Waals surface area (Å²) in [5.41, 5.74) is 0.903. The van der Waals surface area contributed by atoms with E-state index in [1.54, 1.807) is 19.2 Å². The normalized spacial score (nSPS) is 20.5. The van der Waals surface area contributed by atoms with Gasteiger partial charge >= 0.3 is 0 Å². The number of rotatable bonds is 5. The van der Waals surface area contributed by atoms with E-state index in [1.807, 2.05) is 4.90 Å². The standard InChI is InChI=1S/C20H28ClFN2O2/c1-26-17-8-12-23(13-9-17)16-6-10-24(11-7-16)20(25)5-3-15-2-4-19(22)18(21)14-15/h2,4,14,16-17H,3,5-13H2,1H3. The largest absolute Gasteiger partial charge is 0.381 e. The second kappa shape index (κ2) is 9.16. The van der Waals surface area contributed by atoms with Gasteiger partial charge in [0.1, 0.15) is 5.82 Å². The molecule has 6 heteroatoms. The van der Waals surface area contributed by atoms with Crippen LogP contribution in [0.1, 0.15) is 37.7 Å². The van der Waals surface area contributed by atoms with Crippen LogP contribution in [0.2, 0.25) is 5.02 Å². The van der Waals surface area contributed by atoms with E-state index in [9.17, 15) is 9.18 Å².